The Balaban J connectivity index is 2.62. The van der Waals surface area contributed by atoms with Gasteiger partial charge in [-0.1, -0.05) is 45.9 Å². The maximum atomic E-state index is 13.1. The van der Waals surface area contributed by atoms with Gasteiger partial charge in [-0.15, -0.1) is 0 Å². The number of rotatable bonds is 29. The SMILES string of the molecule is CSSC[C@H](NC(=O)[C@H](CC(=O)O)CC(=O)[C@H](CC(=O)O)NC(=O)Cc1ccc(CNC(=O)NCCCC[C@H](NC(=O)NCCCC(=O)O)C(=O)O)cc1)C(=O)O. The van der Waals surface area contributed by atoms with Crippen LogP contribution in [-0.4, -0.2) is 128 Å². The lowest BCUT2D eigenvalue weighted by Crippen LogP contribution is -2.48. The monoisotopic (exact) mass is 844 g/mol. The van der Waals surface area contributed by atoms with Crippen LogP contribution in [0.3, 0.4) is 0 Å². The van der Waals surface area contributed by atoms with Crippen molar-refractivity contribution < 1.29 is 73.5 Å². The molecule has 0 aliphatic rings. The molecule has 0 radical (unpaired) electrons. The van der Waals surface area contributed by atoms with Crippen molar-refractivity contribution >= 4 is 81.1 Å². The van der Waals surface area contributed by atoms with E-state index in [1.54, 1.807) is 30.5 Å². The molecule has 0 unspecified atom stereocenters. The molecule has 1 aromatic carbocycles. The minimum absolute atomic E-state index is 0.0489. The molecule has 0 bridgehead atoms. The van der Waals surface area contributed by atoms with Gasteiger partial charge in [-0.3, -0.25) is 28.8 Å². The first-order valence-corrected chi connectivity index (χ1v) is 20.2. The van der Waals surface area contributed by atoms with E-state index in [0.717, 1.165) is 10.8 Å². The second-order valence-corrected chi connectivity index (χ2v) is 15.0. The molecule has 0 saturated carbocycles. The first-order valence-electron chi connectivity index (χ1n) is 17.4. The zero-order chi connectivity index (χ0) is 42.9. The van der Waals surface area contributed by atoms with Gasteiger partial charge < -0.3 is 57.4 Å². The van der Waals surface area contributed by atoms with Crippen LogP contribution >= 0.6 is 21.6 Å². The summed E-state index contributed by atoms with van der Waals surface area (Å²) < 4.78 is 0. The number of unbranched alkanes of at least 4 members (excludes halogenated alkanes) is 1. The molecule has 0 heterocycles. The van der Waals surface area contributed by atoms with Crippen molar-refractivity contribution in [2.45, 2.75) is 82.5 Å². The third-order valence-corrected chi connectivity index (χ3v) is 9.63. The van der Waals surface area contributed by atoms with Crippen LogP contribution in [0.2, 0.25) is 0 Å². The van der Waals surface area contributed by atoms with Crippen LogP contribution < -0.4 is 31.9 Å². The number of aliphatic carboxylic acids is 5. The molecule has 23 heteroatoms. The summed E-state index contributed by atoms with van der Waals surface area (Å²) in [5.74, 6) is -10.9. The van der Waals surface area contributed by atoms with Gasteiger partial charge in [-0.05, 0) is 43.1 Å². The number of amides is 6. The van der Waals surface area contributed by atoms with E-state index in [1.807, 2.05) is 0 Å². The van der Waals surface area contributed by atoms with Crippen molar-refractivity contribution in [3.05, 3.63) is 35.4 Å². The van der Waals surface area contributed by atoms with Crippen LogP contribution in [0.1, 0.15) is 62.5 Å². The molecule has 0 fully saturated rings. The Bertz CT molecular complexity index is 1580. The Morgan fingerprint density at radius 1 is 0.614 bits per heavy atom. The average molecular weight is 845 g/mol. The van der Waals surface area contributed by atoms with Crippen molar-refractivity contribution in [2.75, 3.05) is 25.1 Å². The summed E-state index contributed by atoms with van der Waals surface area (Å²) in [7, 11) is 2.37. The first-order chi connectivity index (χ1) is 26.9. The number of hydrogen-bond donors (Lipinski definition) is 11. The van der Waals surface area contributed by atoms with Gasteiger partial charge in [-0.2, -0.15) is 0 Å². The summed E-state index contributed by atoms with van der Waals surface area (Å²) in [5, 5.41) is 60.5. The lowest BCUT2D eigenvalue weighted by Gasteiger charge is -2.21. The van der Waals surface area contributed by atoms with E-state index in [-0.39, 0.29) is 51.1 Å². The van der Waals surface area contributed by atoms with Gasteiger partial charge in [0.05, 0.1) is 31.2 Å². The van der Waals surface area contributed by atoms with Crippen LogP contribution in [0.25, 0.3) is 0 Å². The van der Waals surface area contributed by atoms with E-state index in [2.05, 4.69) is 31.9 Å². The minimum Gasteiger partial charge on any atom is -0.481 e. The summed E-state index contributed by atoms with van der Waals surface area (Å²) in [6.45, 7) is 0.361. The van der Waals surface area contributed by atoms with Crippen molar-refractivity contribution in [1.82, 2.24) is 31.9 Å². The van der Waals surface area contributed by atoms with E-state index in [1.165, 1.54) is 10.8 Å². The number of urea groups is 2. The van der Waals surface area contributed by atoms with E-state index < -0.39 is 103 Å². The van der Waals surface area contributed by atoms with E-state index >= 15 is 0 Å². The molecule has 21 nitrogen and oxygen atoms in total. The highest BCUT2D eigenvalue weighted by Gasteiger charge is 2.32. The van der Waals surface area contributed by atoms with Crippen LogP contribution in [0, 0.1) is 5.92 Å². The molecule has 0 spiro atoms. The predicted octanol–water partition coefficient (Wildman–Crippen LogP) is 0.406. The number of Topliss-reactive ketones (excluding diaryl/α,β-unsaturated/α-hetero) is 1. The fourth-order valence-electron chi connectivity index (χ4n) is 4.91. The molecule has 6 amide bonds. The lowest BCUT2D eigenvalue weighted by atomic mass is 9.93. The van der Waals surface area contributed by atoms with Gasteiger partial charge in [0.15, 0.2) is 5.78 Å². The highest BCUT2D eigenvalue weighted by Crippen LogP contribution is 2.19. The van der Waals surface area contributed by atoms with Crippen LogP contribution in [-0.2, 0) is 51.3 Å². The molecule has 0 saturated heterocycles. The van der Waals surface area contributed by atoms with Gasteiger partial charge >= 0.3 is 41.9 Å². The molecule has 1 aromatic rings. The molecule has 57 heavy (non-hydrogen) atoms. The van der Waals surface area contributed by atoms with Gasteiger partial charge in [0.2, 0.25) is 11.8 Å². The minimum atomic E-state index is -1.62. The second kappa shape index (κ2) is 27.1. The smallest absolute Gasteiger partial charge is 0.327 e. The number of carbonyl (C=O) groups is 10. The van der Waals surface area contributed by atoms with Crippen molar-refractivity contribution in [3.8, 4) is 0 Å². The molecule has 316 valence electrons. The number of benzene rings is 1. The fraction of sp³-hybridized carbons (Fsp3) is 0.529. The average Bonchev–Trinajstić information content (AvgIpc) is 3.12. The fourth-order valence-corrected chi connectivity index (χ4v) is 6.22. The van der Waals surface area contributed by atoms with E-state index in [0.29, 0.717) is 24.0 Å². The molecular formula is C34H48N6O15S2. The lowest BCUT2D eigenvalue weighted by molar-refractivity contribution is -0.145. The standard InChI is InChI=1S/C34H48N6O15S2/c1-56-57-18-24(32(52)53)39-30(49)21(15-28(45)46)14-25(41)23(16-29(47)48)38-26(42)13-19-7-9-20(10-8-19)17-37-33(54)35-11-3-2-5-22(31(50)51)40-34(55)36-12-4-6-27(43)44/h7-10,21-24H,2-6,11-18H2,1H3,(H,38,42)(H,39,49)(H,43,44)(H,45,46)(H,47,48)(H,50,51)(H,52,53)(H2,35,37,54)(H2,36,40,55)/t21-,22-,23-,24-/m0/s1. The number of hydrogen-bond acceptors (Lipinski definition) is 12. The van der Waals surface area contributed by atoms with E-state index in [4.69, 9.17) is 5.11 Å². The van der Waals surface area contributed by atoms with Gasteiger partial charge in [0, 0.05) is 38.2 Å². The molecule has 11 N–H and O–H groups in total. The molecule has 0 aliphatic carbocycles. The predicted molar refractivity (Wildman–Crippen MR) is 204 cm³/mol. The Morgan fingerprint density at radius 2 is 1.21 bits per heavy atom. The Hall–Kier alpha value is -5.58. The first kappa shape index (κ1) is 49.4. The highest BCUT2D eigenvalue weighted by atomic mass is 33.1. The zero-order valence-electron chi connectivity index (χ0n) is 30.9. The van der Waals surface area contributed by atoms with Crippen LogP contribution in [0.15, 0.2) is 24.3 Å². The topological polar surface area (TPSA) is 344 Å². The molecule has 4 atom stereocenters. The van der Waals surface area contributed by atoms with Gasteiger partial charge in [-0.25, -0.2) is 19.2 Å². The normalized spacial score (nSPS) is 12.7. The second-order valence-electron chi connectivity index (χ2n) is 12.4. The third-order valence-electron chi connectivity index (χ3n) is 7.81. The molecule has 0 aliphatic heterocycles. The maximum absolute atomic E-state index is 13.1. The van der Waals surface area contributed by atoms with Crippen molar-refractivity contribution in [1.29, 1.82) is 0 Å². The quantitative estimate of drug-likeness (QED) is 0.0384. The maximum Gasteiger partial charge on any atom is 0.327 e. The van der Waals surface area contributed by atoms with Crippen LogP contribution in [0.5, 0.6) is 0 Å². The summed E-state index contributed by atoms with van der Waals surface area (Å²) >= 11 is 0. The number of nitrogens with one attached hydrogen (secondary N) is 6. The highest BCUT2D eigenvalue weighted by molar-refractivity contribution is 8.76. The van der Waals surface area contributed by atoms with Crippen LogP contribution in [0.4, 0.5) is 9.59 Å². The largest absolute Gasteiger partial charge is 0.481 e. The summed E-state index contributed by atoms with van der Waals surface area (Å²) in [6, 6.07) is 0.923. The number of carboxylic acid groups (broad SMARTS) is 5. The van der Waals surface area contributed by atoms with Crippen molar-refractivity contribution in [2.24, 2.45) is 5.92 Å². The molecule has 0 aromatic heterocycles. The number of carbonyl (C=O) groups excluding carboxylic acids is 5. The summed E-state index contributed by atoms with van der Waals surface area (Å²) in [4.78, 5) is 119. The Kier molecular flexibility index (Phi) is 23.5. The molecular weight excluding hydrogens is 797 g/mol. The Labute approximate surface area is 334 Å². The zero-order valence-corrected chi connectivity index (χ0v) is 32.6. The summed E-state index contributed by atoms with van der Waals surface area (Å²) in [6.07, 6.45) is -0.218. The third kappa shape index (κ3) is 22.5. The number of carboxylic acids is 5. The van der Waals surface area contributed by atoms with Gasteiger partial charge in [0.25, 0.3) is 0 Å². The Morgan fingerprint density at radius 3 is 1.79 bits per heavy atom. The molecule has 1 rings (SSSR count). The summed E-state index contributed by atoms with van der Waals surface area (Å²) in [5.41, 5.74) is 1.10. The van der Waals surface area contributed by atoms with Gasteiger partial charge in [0.1, 0.15) is 12.1 Å². The number of ketones is 1. The van der Waals surface area contributed by atoms with Crippen molar-refractivity contribution in [3.63, 3.8) is 0 Å². The van der Waals surface area contributed by atoms with E-state index in [9.17, 15) is 68.4 Å².